The number of nitrogens with zero attached hydrogens (tertiary/aromatic N) is 3. The van der Waals surface area contributed by atoms with Crippen molar-refractivity contribution < 1.29 is 9.90 Å². The lowest BCUT2D eigenvalue weighted by molar-refractivity contribution is 0.0896. The molecule has 2 N–H and O–H groups in total. The molecule has 3 rings (SSSR count). The van der Waals surface area contributed by atoms with Crippen LogP contribution in [0.1, 0.15) is 23.3 Å². The molecule has 0 radical (unpaired) electrons. The summed E-state index contributed by atoms with van der Waals surface area (Å²) in [5.74, 6) is 0.0298. The van der Waals surface area contributed by atoms with E-state index in [-0.39, 0.29) is 18.1 Å². The molecule has 0 spiro atoms. The lowest BCUT2D eigenvalue weighted by atomic mass is 10.2. The first-order chi connectivity index (χ1) is 9.74. The zero-order valence-electron chi connectivity index (χ0n) is 10.9. The van der Waals surface area contributed by atoms with Gasteiger partial charge in [-0.2, -0.15) is 9.90 Å². The molecular weight excluding hydrogens is 256 g/mol. The second-order valence-corrected chi connectivity index (χ2v) is 4.97. The highest BCUT2D eigenvalue weighted by atomic mass is 16.3. The molecule has 1 heterocycles. The number of aliphatic hydroxyl groups is 1. The second-order valence-electron chi connectivity index (χ2n) is 4.97. The first-order valence-electron chi connectivity index (χ1n) is 6.68. The van der Waals surface area contributed by atoms with Gasteiger partial charge in [-0.05, 0) is 30.9 Å². The van der Waals surface area contributed by atoms with Crippen molar-refractivity contribution in [1.82, 2.24) is 20.3 Å². The number of hydrogen-bond acceptors (Lipinski definition) is 4. The Morgan fingerprint density at radius 1 is 1.40 bits per heavy atom. The minimum atomic E-state index is -0.455. The van der Waals surface area contributed by atoms with E-state index in [9.17, 15) is 9.90 Å². The smallest absolute Gasteiger partial charge is 0.273 e. The van der Waals surface area contributed by atoms with Crippen molar-refractivity contribution in [1.29, 1.82) is 0 Å². The van der Waals surface area contributed by atoms with Gasteiger partial charge in [0.15, 0.2) is 5.69 Å². The number of amides is 1. The topological polar surface area (TPSA) is 80.0 Å². The van der Waals surface area contributed by atoms with Gasteiger partial charge in [0.2, 0.25) is 0 Å². The minimum Gasteiger partial charge on any atom is -0.391 e. The number of aliphatic hydroxyl groups excluding tert-OH is 1. The van der Waals surface area contributed by atoms with Crippen molar-refractivity contribution in [2.75, 3.05) is 6.54 Å². The van der Waals surface area contributed by atoms with Gasteiger partial charge >= 0.3 is 0 Å². The molecule has 1 amide bonds. The summed E-state index contributed by atoms with van der Waals surface area (Å²) in [5.41, 5.74) is 1.04. The van der Waals surface area contributed by atoms with Crippen LogP contribution in [0.4, 0.5) is 0 Å². The number of aromatic nitrogens is 3. The van der Waals surface area contributed by atoms with Crippen molar-refractivity contribution in [3.8, 4) is 5.69 Å². The highest BCUT2D eigenvalue weighted by molar-refractivity contribution is 5.91. The Kier molecular flexibility index (Phi) is 3.47. The van der Waals surface area contributed by atoms with Crippen molar-refractivity contribution in [3.63, 3.8) is 0 Å². The molecule has 1 saturated carbocycles. The Morgan fingerprint density at radius 2 is 2.15 bits per heavy atom. The van der Waals surface area contributed by atoms with Gasteiger partial charge in [0.05, 0.1) is 18.0 Å². The summed E-state index contributed by atoms with van der Waals surface area (Å²) in [6, 6.07) is 9.38. The number of carbonyl (C=O) groups is 1. The highest BCUT2D eigenvalue weighted by Crippen LogP contribution is 2.32. The highest BCUT2D eigenvalue weighted by Gasteiger charge is 2.29. The third kappa shape index (κ3) is 2.85. The van der Waals surface area contributed by atoms with E-state index in [2.05, 4.69) is 15.5 Å². The normalized spacial score (nSPS) is 15.8. The van der Waals surface area contributed by atoms with Crippen LogP contribution in [0, 0.1) is 5.92 Å². The summed E-state index contributed by atoms with van der Waals surface area (Å²) in [6.07, 6.45) is 3.05. The molecule has 1 aromatic heterocycles. The maximum atomic E-state index is 11.9. The van der Waals surface area contributed by atoms with Gasteiger partial charge < -0.3 is 10.4 Å². The van der Waals surface area contributed by atoms with Gasteiger partial charge in [-0.3, -0.25) is 4.79 Å². The van der Waals surface area contributed by atoms with E-state index in [0.717, 1.165) is 18.5 Å². The van der Waals surface area contributed by atoms with Crippen LogP contribution in [0.3, 0.4) is 0 Å². The minimum absolute atomic E-state index is 0.247. The number of hydrogen-bond donors (Lipinski definition) is 2. The molecule has 0 aliphatic heterocycles. The standard InChI is InChI=1S/C14H16N4O2/c19-13(10-6-7-10)9-15-14(20)12-8-16-18(17-12)11-4-2-1-3-5-11/h1-5,8,10,13,19H,6-7,9H2,(H,15,20). The molecule has 1 unspecified atom stereocenters. The first-order valence-corrected chi connectivity index (χ1v) is 6.68. The van der Waals surface area contributed by atoms with Crippen LogP contribution in [-0.2, 0) is 0 Å². The van der Waals surface area contributed by atoms with Crippen LogP contribution in [0.25, 0.3) is 5.69 Å². The zero-order chi connectivity index (χ0) is 13.9. The third-order valence-electron chi connectivity index (χ3n) is 3.35. The summed E-state index contributed by atoms with van der Waals surface area (Å²) in [7, 11) is 0. The number of carbonyl (C=O) groups excluding carboxylic acids is 1. The summed E-state index contributed by atoms with van der Waals surface area (Å²) < 4.78 is 0. The van der Waals surface area contributed by atoms with Crippen LogP contribution in [0.5, 0.6) is 0 Å². The summed E-state index contributed by atoms with van der Waals surface area (Å²) >= 11 is 0. The van der Waals surface area contributed by atoms with E-state index >= 15 is 0 Å². The van der Waals surface area contributed by atoms with E-state index in [4.69, 9.17) is 0 Å². The number of nitrogens with one attached hydrogen (secondary N) is 1. The number of para-hydroxylation sites is 1. The van der Waals surface area contributed by atoms with E-state index in [0.29, 0.717) is 5.92 Å². The fourth-order valence-corrected chi connectivity index (χ4v) is 1.99. The first kappa shape index (κ1) is 12.8. The largest absolute Gasteiger partial charge is 0.391 e. The van der Waals surface area contributed by atoms with Gasteiger partial charge in [-0.15, -0.1) is 5.10 Å². The fraction of sp³-hybridized carbons (Fsp3) is 0.357. The molecule has 1 aliphatic carbocycles. The molecule has 6 nitrogen and oxygen atoms in total. The predicted molar refractivity (Wildman–Crippen MR) is 72.4 cm³/mol. The number of rotatable bonds is 5. The lowest BCUT2D eigenvalue weighted by Gasteiger charge is -2.09. The van der Waals surface area contributed by atoms with E-state index in [1.807, 2.05) is 30.3 Å². The van der Waals surface area contributed by atoms with E-state index in [1.54, 1.807) is 0 Å². The predicted octanol–water partition coefficient (Wildman–Crippen LogP) is 0.768. The molecule has 2 aromatic rings. The van der Waals surface area contributed by atoms with Gasteiger partial charge in [-0.25, -0.2) is 0 Å². The zero-order valence-corrected chi connectivity index (χ0v) is 10.9. The van der Waals surface area contributed by atoms with Gasteiger partial charge in [0.25, 0.3) is 5.91 Å². The fourth-order valence-electron chi connectivity index (χ4n) is 1.99. The van der Waals surface area contributed by atoms with Crippen molar-refractivity contribution >= 4 is 5.91 Å². The Morgan fingerprint density at radius 3 is 2.85 bits per heavy atom. The molecule has 1 aliphatic rings. The van der Waals surface area contributed by atoms with Crippen LogP contribution in [0.15, 0.2) is 36.5 Å². The molecule has 1 fully saturated rings. The molecular formula is C14H16N4O2. The van der Waals surface area contributed by atoms with Crippen LogP contribution in [0.2, 0.25) is 0 Å². The summed E-state index contributed by atoms with van der Waals surface area (Å²) in [6.45, 7) is 0.266. The summed E-state index contributed by atoms with van der Waals surface area (Å²) in [5, 5.41) is 20.6. The maximum Gasteiger partial charge on any atom is 0.273 e. The van der Waals surface area contributed by atoms with Gasteiger partial charge in [0, 0.05) is 6.54 Å². The van der Waals surface area contributed by atoms with Crippen LogP contribution in [-0.4, -0.2) is 38.7 Å². The van der Waals surface area contributed by atoms with Gasteiger partial charge in [0.1, 0.15) is 0 Å². The Bertz CT molecular complexity index is 592. The quantitative estimate of drug-likeness (QED) is 0.842. The molecule has 104 valence electrons. The molecule has 1 atom stereocenters. The van der Waals surface area contributed by atoms with Crippen molar-refractivity contribution in [2.45, 2.75) is 18.9 Å². The van der Waals surface area contributed by atoms with Crippen LogP contribution < -0.4 is 5.32 Å². The monoisotopic (exact) mass is 272 g/mol. The molecule has 6 heteroatoms. The Hall–Kier alpha value is -2.21. The van der Waals surface area contributed by atoms with Gasteiger partial charge in [-0.1, -0.05) is 18.2 Å². The average Bonchev–Trinajstić information content (AvgIpc) is 3.22. The van der Waals surface area contributed by atoms with Crippen molar-refractivity contribution in [3.05, 3.63) is 42.2 Å². The average molecular weight is 272 g/mol. The van der Waals surface area contributed by atoms with Crippen molar-refractivity contribution in [2.24, 2.45) is 5.92 Å². The molecule has 1 aromatic carbocycles. The maximum absolute atomic E-state index is 11.9. The lowest BCUT2D eigenvalue weighted by Crippen LogP contribution is -2.33. The molecule has 0 saturated heterocycles. The molecule has 20 heavy (non-hydrogen) atoms. The molecule has 0 bridgehead atoms. The van der Waals surface area contributed by atoms with E-state index in [1.165, 1.54) is 11.0 Å². The second kappa shape index (κ2) is 5.42. The van der Waals surface area contributed by atoms with Crippen LogP contribution >= 0.6 is 0 Å². The SMILES string of the molecule is O=C(NCC(O)C1CC1)c1cnn(-c2ccccc2)n1. The Balaban J connectivity index is 1.62. The third-order valence-corrected chi connectivity index (χ3v) is 3.35. The summed E-state index contributed by atoms with van der Waals surface area (Å²) in [4.78, 5) is 13.3. The Labute approximate surface area is 116 Å². The number of benzene rings is 1. The van der Waals surface area contributed by atoms with E-state index < -0.39 is 6.10 Å².